The van der Waals surface area contributed by atoms with E-state index >= 15 is 0 Å². The van der Waals surface area contributed by atoms with Crippen molar-refractivity contribution in [2.24, 2.45) is 5.92 Å². The Hall–Kier alpha value is -2.28. The maximum Gasteiger partial charge on any atom is 0.267 e. The molecule has 1 aliphatic carbocycles. The molecule has 1 amide bonds. The van der Waals surface area contributed by atoms with Gasteiger partial charge in [-0.05, 0) is 44.2 Å². The first-order valence-electron chi connectivity index (χ1n) is 8.26. The summed E-state index contributed by atoms with van der Waals surface area (Å²) < 4.78 is 0. The third kappa shape index (κ3) is 4.59. The Kier molecular flexibility index (Phi) is 5.81. The van der Waals surface area contributed by atoms with Gasteiger partial charge in [0.05, 0.1) is 0 Å². The van der Waals surface area contributed by atoms with Gasteiger partial charge >= 0.3 is 0 Å². The maximum absolute atomic E-state index is 12.3. The number of nitrogens with one attached hydrogen (secondary N) is 2. The van der Waals surface area contributed by atoms with Crippen LogP contribution in [0.5, 0.6) is 0 Å². The zero-order valence-corrected chi connectivity index (χ0v) is 14.1. The van der Waals surface area contributed by atoms with Crippen LogP contribution in [-0.2, 0) is 4.79 Å². The van der Waals surface area contributed by atoms with Gasteiger partial charge < -0.3 is 10.6 Å². The van der Waals surface area contributed by atoms with Crippen LogP contribution in [0.15, 0.2) is 30.0 Å². The number of nitrogens with zero attached hydrogens (tertiary/aromatic N) is 1. The lowest BCUT2D eigenvalue weighted by Crippen LogP contribution is -2.34. The molecule has 4 heteroatoms. The van der Waals surface area contributed by atoms with Gasteiger partial charge in [-0.25, -0.2) is 0 Å². The monoisotopic (exact) mass is 311 g/mol. The van der Waals surface area contributed by atoms with Crippen molar-refractivity contribution in [3.05, 3.63) is 41.1 Å². The summed E-state index contributed by atoms with van der Waals surface area (Å²) in [6.07, 6.45) is 6.33. The number of hydrogen-bond acceptors (Lipinski definition) is 3. The highest BCUT2D eigenvalue weighted by atomic mass is 16.1. The van der Waals surface area contributed by atoms with Gasteiger partial charge in [0.2, 0.25) is 0 Å². The second kappa shape index (κ2) is 7.82. The summed E-state index contributed by atoms with van der Waals surface area (Å²) in [5.74, 6) is 0.206. The Balaban J connectivity index is 2.03. The largest absolute Gasteiger partial charge is 0.387 e. The number of amides is 1. The average molecular weight is 311 g/mol. The van der Waals surface area contributed by atoms with E-state index in [1.165, 1.54) is 19.3 Å². The first-order valence-corrected chi connectivity index (χ1v) is 8.26. The quantitative estimate of drug-likeness (QED) is 0.656. The van der Waals surface area contributed by atoms with Crippen LogP contribution in [0.3, 0.4) is 0 Å². The summed E-state index contributed by atoms with van der Waals surface area (Å²) >= 11 is 0. The van der Waals surface area contributed by atoms with Crippen molar-refractivity contribution in [1.82, 2.24) is 5.32 Å². The Morgan fingerprint density at radius 2 is 2.04 bits per heavy atom. The highest BCUT2D eigenvalue weighted by molar-refractivity contribution is 6.06. The molecule has 0 aromatic heterocycles. The van der Waals surface area contributed by atoms with Crippen molar-refractivity contribution in [2.45, 2.75) is 52.5 Å². The summed E-state index contributed by atoms with van der Waals surface area (Å²) in [7, 11) is 0. The molecule has 1 aromatic carbocycles. The van der Waals surface area contributed by atoms with E-state index < -0.39 is 0 Å². The number of carbonyl (C=O) groups excluding carboxylic acids is 1. The van der Waals surface area contributed by atoms with Gasteiger partial charge in [0.1, 0.15) is 11.6 Å². The molecule has 2 atom stereocenters. The van der Waals surface area contributed by atoms with Crippen molar-refractivity contribution in [2.75, 3.05) is 5.32 Å². The second-order valence-corrected chi connectivity index (χ2v) is 6.48. The second-order valence-electron chi connectivity index (χ2n) is 6.48. The zero-order chi connectivity index (χ0) is 16.8. The van der Waals surface area contributed by atoms with Crippen molar-refractivity contribution in [1.29, 1.82) is 5.26 Å². The molecule has 2 N–H and O–H groups in total. The molecule has 0 radical (unpaired) electrons. The van der Waals surface area contributed by atoms with E-state index in [0.717, 1.165) is 23.2 Å². The number of nitriles is 1. The molecule has 4 nitrogen and oxygen atoms in total. The lowest BCUT2D eigenvalue weighted by molar-refractivity contribution is -0.112. The van der Waals surface area contributed by atoms with Crippen LogP contribution in [0.4, 0.5) is 5.69 Å². The number of anilines is 1. The number of aryl methyl sites for hydroxylation is 2. The molecule has 0 aliphatic heterocycles. The molecule has 122 valence electrons. The lowest BCUT2D eigenvalue weighted by atomic mass is 9.86. The van der Waals surface area contributed by atoms with E-state index in [4.69, 9.17) is 0 Å². The van der Waals surface area contributed by atoms with Crippen LogP contribution in [-0.4, -0.2) is 11.9 Å². The Morgan fingerprint density at radius 1 is 1.30 bits per heavy atom. The minimum Gasteiger partial charge on any atom is -0.387 e. The van der Waals surface area contributed by atoms with Crippen molar-refractivity contribution >= 4 is 11.6 Å². The van der Waals surface area contributed by atoms with E-state index in [1.807, 2.05) is 38.1 Å². The third-order valence-corrected chi connectivity index (χ3v) is 4.55. The van der Waals surface area contributed by atoms with E-state index in [2.05, 4.69) is 17.6 Å². The third-order valence-electron chi connectivity index (χ3n) is 4.55. The lowest BCUT2D eigenvalue weighted by Gasteiger charge is -2.29. The summed E-state index contributed by atoms with van der Waals surface area (Å²) in [5, 5.41) is 15.3. The van der Waals surface area contributed by atoms with Crippen molar-refractivity contribution < 1.29 is 4.79 Å². The van der Waals surface area contributed by atoms with Gasteiger partial charge in [-0.15, -0.1) is 0 Å². The Labute approximate surface area is 138 Å². The number of rotatable bonds is 4. The minimum absolute atomic E-state index is 0.114. The van der Waals surface area contributed by atoms with E-state index in [-0.39, 0.29) is 11.5 Å². The number of carbonyl (C=O) groups is 1. The van der Waals surface area contributed by atoms with Gasteiger partial charge in [0.15, 0.2) is 0 Å². The van der Waals surface area contributed by atoms with Crippen molar-refractivity contribution in [3.8, 4) is 6.07 Å². The predicted molar refractivity (Wildman–Crippen MR) is 92.8 cm³/mol. The average Bonchev–Trinajstić information content (AvgIpc) is 2.52. The molecule has 0 saturated heterocycles. The van der Waals surface area contributed by atoms with E-state index in [0.29, 0.717) is 12.0 Å². The molecule has 1 aromatic rings. The topological polar surface area (TPSA) is 64.9 Å². The Morgan fingerprint density at radius 3 is 2.70 bits per heavy atom. The molecule has 23 heavy (non-hydrogen) atoms. The van der Waals surface area contributed by atoms with Gasteiger partial charge in [0.25, 0.3) is 5.91 Å². The van der Waals surface area contributed by atoms with Crippen LogP contribution in [0, 0.1) is 31.1 Å². The molecular formula is C19H25N3O. The molecule has 0 spiro atoms. The molecule has 1 saturated carbocycles. The molecule has 0 heterocycles. The highest BCUT2D eigenvalue weighted by Gasteiger charge is 2.20. The SMILES string of the molecule is Cc1ccc(NC(=O)/C(C#N)=C\NC2CCCCC2C)c(C)c1. The highest BCUT2D eigenvalue weighted by Crippen LogP contribution is 2.24. The minimum atomic E-state index is -0.365. The predicted octanol–water partition coefficient (Wildman–Crippen LogP) is 3.82. The maximum atomic E-state index is 12.3. The van der Waals surface area contributed by atoms with Crippen molar-refractivity contribution in [3.63, 3.8) is 0 Å². The first-order chi connectivity index (χ1) is 11.0. The van der Waals surface area contributed by atoms with E-state index in [1.54, 1.807) is 6.20 Å². The van der Waals surface area contributed by atoms with Gasteiger partial charge in [-0.3, -0.25) is 4.79 Å². The molecule has 1 aliphatic rings. The normalized spacial score (nSPS) is 21.4. The van der Waals surface area contributed by atoms with Crippen LogP contribution >= 0.6 is 0 Å². The summed E-state index contributed by atoms with van der Waals surface area (Å²) in [6, 6.07) is 8.16. The van der Waals surface area contributed by atoms with Gasteiger partial charge in [0, 0.05) is 17.9 Å². The van der Waals surface area contributed by atoms with Crippen LogP contribution in [0.2, 0.25) is 0 Å². The summed E-state index contributed by atoms with van der Waals surface area (Å²) in [6.45, 7) is 6.17. The fourth-order valence-corrected chi connectivity index (χ4v) is 3.05. The van der Waals surface area contributed by atoms with Crippen LogP contribution in [0.25, 0.3) is 0 Å². The van der Waals surface area contributed by atoms with Gasteiger partial charge in [-0.2, -0.15) is 5.26 Å². The molecule has 2 unspecified atom stereocenters. The summed E-state index contributed by atoms with van der Waals surface area (Å²) in [5.41, 5.74) is 2.99. The number of benzene rings is 1. The molecule has 2 rings (SSSR count). The van der Waals surface area contributed by atoms with Crippen LogP contribution in [0.1, 0.15) is 43.7 Å². The first kappa shape index (κ1) is 17.1. The van der Waals surface area contributed by atoms with Gasteiger partial charge in [-0.1, -0.05) is 37.5 Å². The zero-order valence-electron chi connectivity index (χ0n) is 14.1. The summed E-state index contributed by atoms with van der Waals surface area (Å²) in [4.78, 5) is 12.3. The molecule has 0 bridgehead atoms. The van der Waals surface area contributed by atoms with Crippen LogP contribution < -0.4 is 10.6 Å². The standard InChI is InChI=1S/C19H25N3O/c1-13-8-9-18(15(3)10-13)22-19(23)16(11-20)12-21-17-7-5-4-6-14(17)2/h8-10,12,14,17,21H,4-7H2,1-3H3,(H,22,23)/b16-12-. The fourth-order valence-electron chi connectivity index (χ4n) is 3.05. The smallest absolute Gasteiger partial charge is 0.267 e. The molecule has 1 fully saturated rings. The number of hydrogen-bond donors (Lipinski definition) is 2. The Bertz CT molecular complexity index is 643. The van der Waals surface area contributed by atoms with E-state index in [9.17, 15) is 10.1 Å². The fraction of sp³-hybridized carbons (Fsp3) is 0.474. The molecular weight excluding hydrogens is 286 g/mol.